The fourth-order valence-electron chi connectivity index (χ4n) is 4.23. The van der Waals surface area contributed by atoms with Gasteiger partial charge in [-0.2, -0.15) is 5.21 Å². The third-order valence-electron chi connectivity index (χ3n) is 6.62. The number of pyridine rings is 1. The molecule has 0 aliphatic heterocycles. The standard InChI is InChI=1S/C27H30N10O4S/c1-27(2,11-12-37-17-29-22-14-19(15-28-24(22)37)25(39)31-26-32-35-36-33-26)30-16-23(38)18-7-6-8-20(13-18)34-42(40,41)21-9-4-3-5-10-21/h3-10,13-15,17,23,30,34,38H,11-12,16H2,1-2H3,(H2,31,32,33,35,36,39)/t23-/m0/s1. The Kier molecular flexibility index (Phi) is 8.24. The number of β-amino-alcohol motifs (C(OH)–C–C–N with tert-alkyl or cyclic N) is 1. The van der Waals surface area contributed by atoms with E-state index in [1.165, 1.54) is 18.3 Å². The van der Waals surface area contributed by atoms with Crippen molar-refractivity contribution in [2.45, 2.75) is 43.4 Å². The Bertz CT molecular complexity index is 1770. The van der Waals surface area contributed by atoms with Crippen molar-refractivity contribution >= 4 is 38.7 Å². The molecule has 1 atom stereocenters. The minimum Gasteiger partial charge on any atom is -0.387 e. The van der Waals surface area contributed by atoms with Crippen molar-refractivity contribution in [1.82, 2.24) is 40.5 Å². The number of tetrazole rings is 1. The number of aromatic nitrogens is 7. The second-order valence-electron chi connectivity index (χ2n) is 10.3. The van der Waals surface area contributed by atoms with Gasteiger partial charge in [-0.05, 0) is 61.4 Å². The van der Waals surface area contributed by atoms with Crippen molar-refractivity contribution in [2.24, 2.45) is 0 Å². The maximum absolute atomic E-state index is 12.7. The molecule has 0 saturated heterocycles. The van der Waals surface area contributed by atoms with Crippen LogP contribution in [0.2, 0.25) is 0 Å². The fraction of sp³-hybridized carbons (Fsp3) is 0.259. The van der Waals surface area contributed by atoms with E-state index >= 15 is 0 Å². The monoisotopic (exact) mass is 590 g/mol. The number of hydrogen-bond acceptors (Lipinski definition) is 10. The molecular weight excluding hydrogens is 560 g/mol. The minimum atomic E-state index is -3.74. The summed E-state index contributed by atoms with van der Waals surface area (Å²) in [6, 6.07) is 16.5. The number of rotatable bonds is 12. The summed E-state index contributed by atoms with van der Waals surface area (Å²) < 4.78 is 29.8. The molecule has 15 heteroatoms. The first-order valence-corrected chi connectivity index (χ1v) is 14.5. The number of aliphatic hydroxyl groups is 1. The molecule has 0 radical (unpaired) electrons. The van der Waals surface area contributed by atoms with Crippen LogP contribution in [0.1, 0.15) is 42.3 Å². The SMILES string of the molecule is CC(C)(CCn1cnc2cc(C(=O)Nc3nn[nH]n3)cnc21)NC[C@H](O)c1cccc(NS(=O)(=O)c2ccccc2)c1. The lowest BCUT2D eigenvalue weighted by atomic mass is 9.99. The Hall–Kier alpha value is -4.73. The van der Waals surface area contributed by atoms with Crippen molar-refractivity contribution in [3.8, 4) is 0 Å². The van der Waals surface area contributed by atoms with Crippen LogP contribution in [0, 0.1) is 0 Å². The van der Waals surface area contributed by atoms with Gasteiger partial charge in [-0.3, -0.25) is 14.8 Å². The number of carbonyl (C=O) groups excluding carboxylic acids is 1. The first kappa shape index (κ1) is 28.8. The molecule has 0 saturated carbocycles. The van der Waals surface area contributed by atoms with E-state index < -0.39 is 22.0 Å². The third-order valence-corrected chi connectivity index (χ3v) is 8.01. The van der Waals surface area contributed by atoms with Gasteiger partial charge >= 0.3 is 0 Å². The molecule has 0 aliphatic carbocycles. The molecule has 0 unspecified atom stereocenters. The average Bonchev–Trinajstić information content (AvgIpc) is 3.65. The number of aromatic amines is 1. The van der Waals surface area contributed by atoms with Crippen LogP contribution in [0.25, 0.3) is 11.2 Å². The summed E-state index contributed by atoms with van der Waals surface area (Å²) in [4.78, 5) is 21.4. The predicted molar refractivity (Wildman–Crippen MR) is 155 cm³/mol. The van der Waals surface area contributed by atoms with E-state index in [-0.39, 0.29) is 22.9 Å². The van der Waals surface area contributed by atoms with Gasteiger partial charge in [0.25, 0.3) is 21.9 Å². The van der Waals surface area contributed by atoms with E-state index in [9.17, 15) is 18.3 Å². The molecule has 0 fully saturated rings. The molecule has 218 valence electrons. The van der Waals surface area contributed by atoms with Crippen LogP contribution in [0.4, 0.5) is 11.6 Å². The van der Waals surface area contributed by atoms with Crippen LogP contribution in [-0.4, -0.2) is 66.7 Å². The highest BCUT2D eigenvalue weighted by Crippen LogP contribution is 2.22. The van der Waals surface area contributed by atoms with Gasteiger partial charge in [-0.1, -0.05) is 35.4 Å². The number of hydrogen-bond donors (Lipinski definition) is 5. The smallest absolute Gasteiger partial charge is 0.270 e. The van der Waals surface area contributed by atoms with E-state index in [1.807, 2.05) is 18.4 Å². The Morgan fingerprint density at radius 2 is 1.90 bits per heavy atom. The maximum Gasteiger partial charge on any atom is 0.270 e. The van der Waals surface area contributed by atoms with Gasteiger partial charge in [-0.25, -0.2) is 18.4 Å². The van der Waals surface area contributed by atoms with E-state index in [0.717, 1.165) is 0 Å². The van der Waals surface area contributed by atoms with Crippen molar-refractivity contribution in [1.29, 1.82) is 0 Å². The van der Waals surface area contributed by atoms with Gasteiger partial charge in [0.2, 0.25) is 0 Å². The van der Waals surface area contributed by atoms with Crippen LogP contribution < -0.4 is 15.4 Å². The third kappa shape index (κ3) is 6.94. The molecule has 14 nitrogen and oxygen atoms in total. The maximum atomic E-state index is 12.7. The van der Waals surface area contributed by atoms with Crippen LogP contribution in [0.3, 0.4) is 0 Å². The van der Waals surface area contributed by atoms with Crippen LogP contribution >= 0.6 is 0 Å². The van der Waals surface area contributed by atoms with Crippen LogP contribution in [0.15, 0.2) is 78.1 Å². The molecule has 5 aromatic rings. The summed E-state index contributed by atoms with van der Waals surface area (Å²) in [5.74, 6) is -0.366. The largest absolute Gasteiger partial charge is 0.387 e. The molecule has 3 heterocycles. The van der Waals surface area contributed by atoms with E-state index in [0.29, 0.717) is 40.9 Å². The van der Waals surface area contributed by atoms with Crippen molar-refractivity contribution in [2.75, 3.05) is 16.6 Å². The summed E-state index contributed by atoms with van der Waals surface area (Å²) in [6.07, 6.45) is 2.96. The topological polar surface area (TPSA) is 193 Å². The molecule has 42 heavy (non-hydrogen) atoms. The highest BCUT2D eigenvalue weighted by molar-refractivity contribution is 7.92. The quantitative estimate of drug-likeness (QED) is 0.144. The zero-order chi connectivity index (χ0) is 29.7. The summed E-state index contributed by atoms with van der Waals surface area (Å²) in [5.41, 5.74) is 2.09. The zero-order valence-electron chi connectivity index (χ0n) is 22.9. The molecule has 5 rings (SSSR count). The van der Waals surface area contributed by atoms with Gasteiger partial charge in [-0.15, -0.1) is 5.10 Å². The summed E-state index contributed by atoms with van der Waals surface area (Å²) >= 11 is 0. The first-order chi connectivity index (χ1) is 20.1. The van der Waals surface area contributed by atoms with Crippen molar-refractivity contribution in [3.63, 3.8) is 0 Å². The number of nitrogens with zero attached hydrogens (tertiary/aromatic N) is 6. The molecule has 5 N–H and O–H groups in total. The molecule has 0 aliphatic rings. The van der Waals surface area contributed by atoms with Crippen LogP contribution in [0.5, 0.6) is 0 Å². The lowest BCUT2D eigenvalue weighted by Crippen LogP contribution is -2.42. The predicted octanol–water partition coefficient (Wildman–Crippen LogP) is 2.49. The second-order valence-corrected chi connectivity index (χ2v) is 12.0. The number of nitrogens with one attached hydrogen (secondary N) is 4. The summed E-state index contributed by atoms with van der Waals surface area (Å²) in [7, 11) is -3.74. The summed E-state index contributed by atoms with van der Waals surface area (Å²) in [5, 5.41) is 29.8. The zero-order valence-corrected chi connectivity index (χ0v) is 23.7. The van der Waals surface area contributed by atoms with E-state index in [4.69, 9.17) is 0 Å². The molecule has 1 amide bonds. The lowest BCUT2D eigenvalue weighted by molar-refractivity contribution is 0.102. The molecule has 0 spiro atoms. The number of anilines is 2. The number of H-pyrrole nitrogens is 1. The number of carbonyl (C=O) groups is 1. The normalized spacial score (nSPS) is 12.7. The lowest BCUT2D eigenvalue weighted by Gasteiger charge is -2.28. The van der Waals surface area contributed by atoms with Crippen LogP contribution in [-0.2, 0) is 16.6 Å². The van der Waals surface area contributed by atoms with Gasteiger partial charge in [0.15, 0.2) is 5.65 Å². The van der Waals surface area contributed by atoms with Gasteiger partial charge < -0.3 is 15.0 Å². The van der Waals surface area contributed by atoms with Crippen molar-refractivity contribution in [3.05, 3.63) is 84.3 Å². The number of aliphatic hydroxyl groups excluding tert-OH is 1. The van der Waals surface area contributed by atoms with Crippen molar-refractivity contribution < 1.29 is 18.3 Å². The Balaban J connectivity index is 1.16. The Morgan fingerprint density at radius 3 is 2.67 bits per heavy atom. The number of amides is 1. The number of fused-ring (bicyclic) bond motifs is 1. The summed E-state index contributed by atoms with van der Waals surface area (Å²) in [6.45, 7) is 4.89. The van der Waals surface area contributed by atoms with Gasteiger partial charge in [0.05, 0.1) is 22.9 Å². The fourth-order valence-corrected chi connectivity index (χ4v) is 5.30. The number of imidazole rings is 1. The molecule has 3 aromatic heterocycles. The van der Waals surface area contributed by atoms with Gasteiger partial charge in [0.1, 0.15) is 5.52 Å². The molecule has 2 aromatic carbocycles. The Labute approximate surface area is 241 Å². The number of sulfonamides is 1. The average molecular weight is 591 g/mol. The Morgan fingerprint density at radius 1 is 1.10 bits per heavy atom. The minimum absolute atomic E-state index is 0.0610. The highest BCUT2D eigenvalue weighted by Gasteiger charge is 2.21. The highest BCUT2D eigenvalue weighted by atomic mass is 32.2. The van der Waals surface area contributed by atoms with E-state index in [2.05, 4.69) is 45.9 Å². The number of aryl methyl sites for hydroxylation is 1. The van der Waals surface area contributed by atoms with E-state index in [1.54, 1.807) is 54.9 Å². The molecule has 0 bridgehead atoms. The van der Waals surface area contributed by atoms with Gasteiger partial charge in [0, 0.05) is 30.5 Å². The second kappa shape index (κ2) is 12.0. The number of benzene rings is 2. The molecular formula is C27H30N10O4S. The first-order valence-electron chi connectivity index (χ1n) is 13.1.